The fourth-order valence-electron chi connectivity index (χ4n) is 4.80. The Labute approximate surface area is 207 Å². The average molecular weight is 488 g/mol. The Balaban J connectivity index is 1.69. The van der Waals surface area contributed by atoms with Gasteiger partial charge in [-0.2, -0.15) is 5.26 Å². The van der Waals surface area contributed by atoms with Gasteiger partial charge in [-0.15, -0.1) is 0 Å². The van der Waals surface area contributed by atoms with Gasteiger partial charge in [0.25, 0.3) is 5.91 Å². The number of likely N-dealkylation sites (tertiary alicyclic amines) is 1. The van der Waals surface area contributed by atoms with Gasteiger partial charge in [-0.1, -0.05) is 12.1 Å². The van der Waals surface area contributed by atoms with E-state index in [2.05, 4.69) is 4.98 Å². The number of nitrogens with zero attached hydrogens (tertiary/aromatic N) is 4. The van der Waals surface area contributed by atoms with E-state index in [0.29, 0.717) is 30.3 Å². The van der Waals surface area contributed by atoms with Crippen LogP contribution in [0.25, 0.3) is 17.1 Å². The maximum absolute atomic E-state index is 14.6. The van der Waals surface area contributed by atoms with Crippen molar-refractivity contribution >= 4 is 11.9 Å². The smallest absolute Gasteiger partial charge is 0.309 e. The number of aromatic nitrogens is 2. The van der Waals surface area contributed by atoms with E-state index in [4.69, 9.17) is 11.0 Å². The Hall–Kier alpha value is -4.03. The van der Waals surface area contributed by atoms with Crippen molar-refractivity contribution in [2.45, 2.75) is 44.1 Å². The number of nitrogens with two attached hydrogens (primary N) is 1. The minimum absolute atomic E-state index is 0.0116. The van der Waals surface area contributed by atoms with E-state index in [1.807, 2.05) is 24.3 Å². The summed E-state index contributed by atoms with van der Waals surface area (Å²) in [5, 5.41) is 18.9. The molecule has 2 aromatic carbocycles. The molecule has 1 aliphatic heterocycles. The van der Waals surface area contributed by atoms with E-state index in [1.165, 1.54) is 17.7 Å². The zero-order valence-electron chi connectivity index (χ0n) is 19.7. The summed E-state index contributed by atoms with van der Waals surface area (Å²) in [6, 6.07) is 13.5. The monoisotopic (exact) mass is 487 g/mol. The van der Waals surface area contributed by atoms with Gasteiger partial charge in [0.1, 0.15) is 17.7 Å². The number of amides is 1. The van der Waals surface area contributed by atoms with Crippen LogP contribution >= 0.6 is 0 Å². The lowest BCUT2D eigenvalue weighted by Crippen LogP contribution is -2.46. The van der Waals surface area contributed by atoms with Crippen molar-refractivity contribution in [3.63, 3.8) is 0 Å². The third kappa shape index (κ3) is 4.60. The summed E-state index contributed by atoms with van der Waals surface area (Å²) in [5.41, 5.74) is 8.34. The van der Waals surface area contributed by atoms with Crippen LogP contribution in [0.2, 0.25) is 0 Å². The van der Waals surface area contributed by atoms with Crippen LogP contribution in [-0.2, 0) is 11.2 Å². The van der Waals surface area contributed by atoms with Gasteiger partial charge in [-0.25, -0.2) is 9.37 Å². The van der Waals surface area contributed by atoms with Gasteiger partial charge in [0.15, 0.2) is 5.69 Å². The number of carboxylic acids is 1. The highest BCUT2D eigenvalue weighted by atomic mass is 19.1. The molecule has 8 nitrogen and oxygen atoms in total. The Morgan fingerprint density at radius 1 is 1.17 bits per heavy atom. The van der Waals surface area contributed by atoms with Crippen molar-refractivity contribution in [3.8, 4) is 23.1 Å². The number of nitriles is 1. The van der Waals surface area contributed by atoms with E-state index in [-0.39, 0.29) is 28.8 Å². The molecule has 2 heterocycles. The molecule has 0 radical (unpaired) electrons. The van der Waals surface area contributed by atoms with Crippen LogP contribution in [0.3, 0.4) is 0 Å². The first-order valence-electron chi connectivity index (χ1n) is 12.0. The minimum Gasteiger partial charge on any atom is -0.481 e. The van der Waals surface area contributed by atoms with E-state index < -0.39 is 24.1 Å². The van der Waals surface area contributed by atoms with Gasteiger partial charge in [0.2, 0.25) is 0 Å². The number of piperidine rings is 1. The Morgan fingerprint density at radius 3 is 2.53 bits per heavy atom. The SMILES string of the molecule is N#Cc1ccc(-c2nc(C(=O)N3CCC[C@H](N)C3)c(CC(=O)O)n2-c2ccc(C3CC3)cc2)cc1F. The van der Waals surface area contributed by atoms with Crippen molar-refractivity contribution in [3.05, 3.63) is 70.8 Å². The molecule has 1 aromatic heterocycles. The lowest BCUT2D eigenvalue weighted by atomic mass is 10.1. The van der Waals surface area contributed by atoms with Crippen LogP contribution in [0.4, 0.5) is 4.39 Å². The van der Waals surface area contributed by atoms with E-state index >= 15 is 0 Å². The lowest BCUT2D eigenvalue weighted by molar-refractivity contribution is -0.136. The number of carbonyl (C=O) groups excluding carboxylic acids is 1. The van der Waals surface area contributed by atoms with Crippen molar-refractivity contribution in [2.75, 3.05) is 13.1 Å². The molecule has 2 fully saturated rings. The number of halogens is 1. The molecular weight excluding hydrogens is 461 g/mol. The first-order valence-corrected chi connectivity index (χ1v) is 12.0. The normalized spacial score (nSPS) is 17.6. The predicted octanol–water partition coefficient (Wildman–Crippen LogP) is 3.62. The number of rotatable bonds is 6. The van der Waals surface area contributed by atoms with E-state index in [0.717, 1.165) is 25.7 Å². The topological polar surface area (TPSA) is 125 Å². The van der Waals surface area contributed by atoms with Crippen LogP contribution in [0, 0.1) is 17.1 Å². The molecule has 3 aromatic rings. The Kier molecular flexibility index (Phi) is 6.29. The summed E-state index contributed by atoms with van der Waals surface area (Å²) in [6.45, 7) is 0.859. The summed E-state index contributed by atoms with van der Waals surface area (Å²) in [4.78, 5) is 31.7. The molecule has 0 unspecified atom stereocenters. The second-order valence-electron chi connectivity index (χ2n) is 9.46. The summed E-state index contributed by atoms with van der Waals surface area (Å²) in [5.74, 6) is -1.47. The van der Waals surface area contributed by atoms with Crippen molar-refractivity contribution in [1.29, 1.82) is 5.26 Å². The van der Waals surface area contributed by atoms with Crippen LogP contribution in [-0.4, -0.2) is 50.6 Å². The van der Waals surface area contributed by atoms with E-state index in [9.17, 15) is 19.1 Å². The Bertz CT molecular complexity index is 1370. The fourth-order valence-corrected chi connectivity index (χ4v) is 4.80. The highest BCUT2D eigenvalue weighted by Crippen LogP contribution is 2.40. The van der Waals surface area contributed by atoms with Gasteiger partial charge in [-0.05, 0) is 67.5 Å². The van der Waals surface area contributed by atoms with Gasteiger partial charge in [0.05, 0.1) is 17.7 Å². The number of imidazole rings is 1. The third-order valence-electron chi connectivity index (χ3n) is 6.79. The number of carboxylic acid groups (broad SMARTS) is 1. The zero-order chi connectivity index (χ0) is 25.4. The number of benzene rings is 2. The van der Waals surface area contributed by atoms with Crippen LogP contribution in [0.15, 0.2) is 42.5 Å². The van der Waals surface area contributed by atoms with Crippen molar-refractivity contribution in [2.24, 2.45) is 5.73 Å². The predicted molar refractivity (Wildman–Crippen MR) is 130 cm³/mol. The molecule has 2 aliphatic rings. The second kappa shape index (κ2) is 9.55. The first kappa shape index (κ1) is 23.7. The van der Waals surface area contributed by atoms with E-state index in [1.54, 1.807) is 21.6 Å². The number of carbonyl (C=O) groups is 2. The van der Waals surface area contributed by atoms with Crippen molar-refractivity contribution < 1.29 is 19.1 Å². The lowest BCUT2D eigenvalue weighted by Gasteiger charge is -2.30. The first-order chi connectivity index (χ1) is 17.4. The van der Waals surface area contributed by atoms with Gasteiger partial charge < -0.3 is 15.7 Å². The van der Waals surface area contributed by atoms with Crippen LogP contribution < -0.4 is 5.73 Å². The molecular formula is C27H26FN5O3. The quantitative estimate of drug-likeness (QED) is 0.547. The minimum atomic E-state index is -1.12. The standard InChI is InChI=1S/C27H26FN5O3/c28-22-12-18(5-6-19(22)14-29)26-31-25(27(36)32-11-1-2-20(30)15-32)23(13-24(34)35)33(26)21-9-7-17(8-10-21)16-3-4-16/h5-10,12,16,20H,1-4,11,13,15,30H2,(H,34,35)/t20-/m0/s1. The molecule has 36 heavy (non-hydrogen) atoms. The van der Waals surface area contributed by atoms with Crippen LogP contribution in [0.1, 0.15) is 58.9 Å². The molecule has 5 rings (SSSR count). The van der Waals surface area contributed by atoms with Crippen molar-refractivity contribution in [1.82, 2.24) is 14.5 Å². The highest BCUT2D eigenvalue weighted by molar-refractivity contribution is 5.96. The van der Waals surface area contributed by atoms with Crippen LogP contribution in [0.5, 0.6) is 0 Å². The molecule has 9 heteroatoms. The van der Waals surface area contributed by atoms with Gasteiger partial charge in [-0.3, -0.25) is 14.2 Å². The number of aliphatic carboxylic acids is 1. The third-order valence-corrected chi connectivity index (χ3v) is 6.79. The fraction of sp³-hybridized carbons (Fsp3) is 0.333. The summed E-state index contributed by atoms with van der Waals surface area (Å²) in [6.07, 6.45) is 3.39. The summed E-state index contributed by atoms with van der Waals surface area (Å²) >= 11 is 0. The molecule has 184 valence electrons. The maximum atomic E-state index is 14.6. The molecule has 0 bridgehead atoms. The average Bonchev–Trinajstić information content (AvgIpc) is 3.65. The molecule has 1 aliphatic carbocycles. The van der Waals surface area contributed by atoms with Gasteiger partial charge in [0, 0.05) is 30.4 Å². The summed E-state index contributed by atoms with van der Waals surface area (Å²) < 4.78 is 16.2. The second-order valence-corrected chi connectivity index (χ2v) is 9.46. The molecule has 1 saturated carbocycles. The maximum Gasteiger partial charge on any atom is 0.309 e. The Morgan fingerprint density at radius 2 is 1.92 bits per heavy atom. The molecule has 3 N–H and O–H groups in total. The molecule has 0 spiro atoms. The number of hydrogen-bond acceptors (Lipinski definition) is 5. The molecule has 1 amide bonds. The van der Waals surface area contributed by atoms with Gasteiger partial charge >= 0.3 is 5.97 Å². The summed E-state index contributed by atoms with van der Waals surface area (Å²) in [7, 11) is 0. The zero-order valence-corrected chi connectivity index (χ0v) is 19.7. The highest BCUT2D eigenvalue weighted by Gasteiger charge is 2.31. The number of hydrogen-bond donors (Lipinski definition) is 2. The largest absolute Gasteiger partial charge is 0.481 e. The molecule has 1 atom stereocenters. The molecule has 1 saturated heterocycles.